The molecule has 0 spiro atoms. The molecule has 2 N–H and O–H groups in total. The van der Waals surface area contributed by atoms with E-state index in [1.165, 1.54) is 12.1 Å². The van der Waals surface area contributed by atoms with Gasteiger partial charge in [-0.2, -0.15) is 0 Å². The van der Waals surface area contributed by atoms with E-state index in [0.29, 0.717) is 11.6 Å². The third-order valence-electron chi connectivity index (χ3n) is 2.90. The molecule has 0 aliphatic heterocycles. The summed E-state index contributed by atoms with van der Waals surface area (Å²) < 4.78 is 18.6. The van der Waals surface area contributed by atoms with Gasteiger partial charge in [-0.15, -0.1) is 0 Å². The quantitative estimate of drug-likeness (QED) is 0.740. The number of anilines is 1. The third kappa shape index (κ3) is 6.83. The second kappa shape index (κ2) is 8.79. The van der Waals surface area contributed by atoms with Crippen LogP contribution in [0.2, 0.25) is 10.0 Å². The van der Waals surface area contributed by atoms with Crippen LogP contribution in [0.15, 0.2) is 12.1 Å². The van der Waals surface area contributed by atoms with Crippen molar-refractivity contribution in [2.24, 2.45) is 5.92 Å². The van der Waals surface area contributed by atoms with Crippen LogP contribution >= 0.6 is 23.2 Å². The average Bonchev–Trinajstić information content (AvgIpc) is 2.34. The van der Waals surface area contributed by atoms with Crippen LogP contribution in [0.1, 0.15) is 27.2 Å². The number of ether oxygens (including phenoxy) is 1. The van der Waals surface area contributed by atoms with E-state index in [1.807, 2.05) is 6.92 Å². The first-order chi connectivity index (χ1) is 9.79. The van der Waals surface area contributed by atoms with E-state index in [4.69, 9.17) is 27.9 Å². The van der Waals surface area contributed by atoms with E-state index >= 15 is 0 Å². The van der Waals surface area contributed by atoms with Crippen LogP contribution in [0.25, 0.3) is 0 Å². The minimum Gasteiger partial charge on any atom is -0.389 e. The van der Waals surface area contributed by atoms with Crippen LogP contribution in [-0.2, 0) is 4.74 Å². The van der Waals surface area contributed by atoms with Crippen LogP contribution in [0.4, 0.5) is 10.1 Å². The fraction of sp³-hybridized carbons (Fsp3) is 0.600. The number of rotatable bonds is 8. The van der Waals surface area contributed by atoms with Gasteiger partial charge >= 0.3 is 0 Å². The summed E-state index contributed by atoms with van der Waals surface area (Å²) in [5.74, 6) is 0.0500. The van der Waals surface area contributed by atoms with Gasteiger partial charge in [-0.1, -0.05) is 37.0 Å². The molecule has 3 nitrogen and oxygen atoms in total. The number of halogens is 3. The molecule has 6 heteroatoms. The van der Waals surface area contributed by atoms with Gasteiger partial charge in [-0.05, 0) is 31.4 Å². The zero-order chi connectivity index (χ0) is 16.0. The molecule has 0 saturated heterocycles. The zero-order valence-electron chi connectivity index (χ0n) is 12.5. The molecule has 0 saturated carbocycles. The Balaban J connectivity index is 2.41. The lowest BCUT2D eigenvalue weighted by molar-refractivity contribution is -0.00443. The van der Waals surface area contributed by atoms with Gasteiger partial charge in [0, 0.05) is 6.54 Å². The van der Waals surface area contributed by atoms with Gasteiger partial charge in [0.15, 0.2) is 0 Å². The number of hydrogen-bond donors (Lipinski definition) is 2. The van der Waals surface area contributed by atoms with Crippen molar-refractivity contribution < 1.29 is 14.2 Å². The molecule has 1 aromatic rings. The van der Waals surface area contributed by atoms with Crippen LogP contribution in [0.3, 0.4) is 0 Å². The van der Waals surface area contributed by atoms with Crippen molar-refractivity contribution >= 4 is 28.9 Å². The van der Waals surface area contributed by atoms with Crippen molar-refractivity contribution in [3.63, 3.8) is 0 Å². The van der Waals surface area contributed by atoms with E-state index in [9.17, 15) is 9.50 Å². The standard InChI is InChI=1S/C15H22Cl2FNO2/c1-9(2)4-10(3)21-8-12(20)7-19-15-13(16)5-11(18)6-14(15)17/h5-6,9-10,12,19-20H,4,7-8H2,1-3H3. The molecule has 2 unspecified atom stereocenters. The summed E-state index contributed by atoms with van der Waals surface area (Å²) in [6.45, 7) is 6.66. The fourth-order valence-corrected chi connectivity index (χ4v) is 2.59. The second-order valence-corrected chi connectivity index (χ2v) is 6.37. The van der Waals surface area contributed by atoms with Crippen molar-refractivity contribution in [1.29, 1.82) is 0 Å². The lowest BCUT2D eigenvalue weighted by Crippen LogP contribution is -2.27. The maximum absolute atomic E-state index is 13.1. The summed E-state index contributed by atoms with van der Waals surface area (Å²) in [7, 11) is 0. The summed E-state index contributed by atoms with van der Waals surface area (Å²) in [6.07, 6.45) is 0.338. The van der Waals surface area contributed by atoms with Gasteiger partial charge in [0.1, 0.15) is 5.82 Å². The molecule has 0 aliphatic rings. The molecule has 0 aliphatic carbocycles. The molecule has 1 rings (SSSR count). The Labute approximate surface area is 135 Å². The molecule has 1 aromatic carbocycles. The zero-order valence-corrected chi connectivity index (χ0v) is 14.0. The summed E-state index contributed by atoms with van der Waals surface area (Å²) in [4.78, 5) is 0. The van der Waals surface area contributed by atoms with E-state index in [0.717, 1.165) is 6.42 Å². The lowest BCUT2D eigenvalue weighted by atomic mass is 10.1. The number of aliphatic hydroxyl groups excluding tert-OH is 1. The molecule has 0 amide bonds. The van der Waals surface area contributed by atoms with E-state index in [2.05, 4.69) is 19.2 Å². The van der Waals surface area contributed by atoms with Crippen LogP contribution in [-0.4, -0.2) is 30.5 Å². The summed E-state index contributed by atoms with van der Waals surface area (Å²) in [6, 6.07) is 2.34. The van der Waals surface area contributed by atoms with Crippen LogP contribution in [0, 0.1) is 11.7 Å². The molecule has 0 bridgehead atoms. The van der Waals surface area contributed by atoms with Crippen molar-refractivity contribution in [2.45, 2.75) is 39.4 Å². The molecule has 0 heterocycles. The van der Waals surface area contributed by atoms with Crippen molar-refractivity contribution in [3.05, 3.63) is 28.0 Å². The number of aliphatic hydroxyl groups is 1. The Bertz CT molecular complexity index is 434. The van der Waals surface area contributed by atoms with Crippen molar-refractivity contribution in [3.8, 4) is 0 Å². The minimum atomic E-state index is -0.697. The highest BCUT2D eigenvalue weighted by molar-refractivity contribution is 6.39. The molecule has 21 heavy (non-hydrogen) atoms. The Morgan fingerprint density at radius 2 is 1.81 bits per heavy atom. The largest absolute Gasteiger partial charge is 0.389 e. The lowest BCUT2D eigenvalue weighted by Gasteiger charge is -2.19. The predicted octanol–water partition coefficient (Wildman–Crippen LogP) is 4.36. The number of hydrogen-bond acceptors (Lipinski definition) is 3. The van der Waals surface area contributed by atoms with Crippen LogP contribution < -0.4 is 5.32 Å². The SMILES string of the molecule is CC(C)CC(C)OCC(O)CNc1c(Cl)cc(F)cc1Cl. The minimum absolute atomic E-state index is 0.0950. The fourth-order valence-electron chi connectivity index (χ4n) is 2.00. The Morgan fingerprint density at radius 1 is 1.24 bits per heavy atom. The first-order valence-corrected chi connectivity index (χ1v) is 7.73. The summed E-state index contributed by atoms with van der Waals surface area (Å²) >= 11 is 11.8. The highest BCUT2D eigenvalue weighted by atomic mass is 35.5. The van der Waals surface area contributed by atoms with Crippen LogP contribution in [0.5, 0.6) is 0 Å². The Morgan fingerprint density at radius 3 is 2.33 bits per heavy atom. The molecule has 0 aromatic heterocycles. The first kappa shape index (κ1) is 18.5. The molecular formula is C15H22Cl2FNO2. The van der Waals surface area contributed by atoms with Gasteiger partial charge in [0.05, 0.1) is 34.5 Å². The van der Waals surface area contributed by atoms with Gasteiger partial charge in [0.25, 0.3) is 0 Å². The highest BCUT2D eigenvalue weighted by Crippen LogP contribution is 2.31. The summed E-state index contributed by atoms with van der Waals surface area (Å²) in [5, 5.41) is 13.2. The van der Waals surface area contributed by atoms with Gasteiger partial charge in [-0.3, -0.25) is 0 Å². The van der Waals surface area contributed by atoms with E-state index < -0.39 is 11.9 Å². The predicted molar refractivity (Wildman–Crippen MR) is 85.8 cm³/mol. The van der Waals surface area contributed by atoms with E-state index in [-0.39, 0.29) is 29.3 Å². The normalized spacial score (nSPS) is 14.3. The Kier molecular flexibility index (Phi) is 7.74. The smallest absolute Gasteiger partial charge is 0.126 e. The first-order valence-electron chi connectivity index (χ1n) is 6.97. The molecule has 0 fully saturated rings. The average molecular weight is 338 g/mol. The van der Waals surface area contributed by atoms with E-state index in [1.54, 1.807) is 0 Å². The van der Waals surface area contributed by atoms with Crippen molar-refractivity contribution in [1.82, 2.24) is 0 Å². The van der Waals surface area contributed by atoms with Crippen molar-refractivity contribution in [2.75, 3.05) is 18.5 Å². The number of nitrogens with one attached hydrogen (secondary N) is 1. The summed E-state index contributed by atoms with van der Waals surface area (Å²) in [5.41, 5.74) is 0.411. The second-order valence-electron chi connectivity index (χ2n) is 5.55. The Hall–Kier alpha value is -0.550. The van der Waals surface area contributed by atoms with Gasteiger partial charge in [0.2, 0.25) is 0 Å². The molecule has 120 valence electrons. The maximum Gasteiger partial charge on any atom is 0.126 e. The highest BCUT2D eigenvalue weighted by Gasteiger charge is 2.12. The monoisotopic (exact) mass is 337 g/mol. The molecular weight excluding hydrogens is 316 g/mol. The maximum atomic E-state index is 13.1. The molecule has 2 atom stereocenters. The van der Waals surface area contributed by atoms with Gasteiger partial charge < -0.3 is 15.2 Å². The molecule has 0 radical (unpaired) electrons. The number of benzene rings is 1. The topological polar surface area (TPSA) is 41.5 Å². The van der Waals surface area contributed by atoms with Gasteiger partial charge in [-0.25, -0.2) is 4.39 Å². The third-order valence-corrected chi connectivity index (χ3v) is 3.49.